The van der Waals surface area contributed by atoms with Crippen LogP contribution in [0, 0.1) is 11.3 Å². The van der Waals surface area contributed by atoms with Crippen molar-refractivity contribution in [3.63, 3.8) is 0 Å². The number of hydrogen-bond donors (Lipinski definition) is 11. The summed E-state index contributed by atoms with van der Waals surface area (Å²) in [4.78, 5) is 0. The smallest absolute Gasteiger partial charge is 0.192 e. The van der Waals surface area contributed by atoms with Crippen LogP contribution < -0.4 is 0 Å². The zero-order valence-electron chi connectivity index (χ0n) is 66.2. The average Bonchev–Trinajstić information content (AvgIpc) is 1.14. The van der Waals surface area contributed by atoms with Crippen LogP contribution in [0.2, 0.25) is 0 Å². The largest absolute Gasteiger partial charge is 0.376 e. The molecule has 0 aromatic heterocycles. The van der Waals surface area contributed by atoms with Crippen molar-refractivity contribution in [1.82, 2.24) is 0 Å². The van der Waals surface area contributed by atoms with E-state index in [-0.39, 0.29) is 54.7 Å². The first-order valence-corrected chi connectivity index (χ1v) is 39.1. The molecule has 11 heterocycles. The Labute approximate surface area is 636 Å². The van der Waals surface area contributed by atoms with Crippen LogP contribution in [0.4, 0.5) is 0 Å². The molecule has 107 heavy (non-hydrogen) atoms. The van der Waals surface area contributed by atoms with Crippen molar-refractivity contribution in [3.8, 4) is 0 Å². The highest BCUT2D eigenvalue weighted by atomic mass is 16.7. The van der Waals surface area contributed by atoms with Crippen molar-refractivity contribution in [2.45, 2.75) is 295 Å². The second-order valence-corrected chi connectivity index (χ2v) is 29.5. The van der Waals surface area contributed by atoms with E-state index in [1.807, 2.05) is 48.5 Å². The third-order valence-corrected chi connectivity index (χ3v) is 17.7. The molecule has 19 unspecified atom stereocenters. The molecule has 11 saturated heterocycles. The van der Waals surface area contributed by atoms with Gasteiger partial charge in [-0.15, -0.1) is 0 Å². The number of hydrogen-bond acceptors (Lipinski definition) is 33. The number of fused-ring (bicyclic) bond motifs is 2. The summed E-state index contributed by atoms with van der Waals surface area (Å²) in [5, 5.41) is 101. The molecule has 13 fully saturated rings. The van der Waals surface area contributed by atoms with Gasteiger partial charge in [0, 0.05) is 83.6 Å². The van der Waals surface area contributed by atoms with Gasteiger partial charge in [-0.1, -0.05) is 27.2 Å². The second-order valence-electron chi connectivity index (χ2n) is 29.5. The second kappa shape index (κ2) is 57.7. The van der Waals surface area contributed by atoms with Gasteiger partial charge in [-0.05, 0) is 145 Å². The first-order chi connectivity index (χ1) is 50.9. The molecular formula is C74H144O33. The maximum absolute atomic E-state index is 10.0. The minimum atomic E-state index is -1.10. The van der Waals surface area contributed by atoms with Gasteiger partial charge in [0.15, 0.2) is 67.2 Å². The van der Waals surface area contributed by atoms with Crippen LogP contribution in [0.25, 0.3) is 0 Å². The molecule has 19 atom stereocenters. The van der Waals surface area contributed by atoms with Gasteiger partial charge in [-0.25, -0.2) is 0 Å². The fraction of sp³-hybridized carbons (Fsp3) is 1.00. The molecule has 0 amide bonds. The fourth-order valence-corrected chi connectivity index (χ4v) is 11.2. The molecular weight excluding hydrogens is 1420 g/mol. The third kappa shape index (κ3) is 49.3. The first-order valence-electron chi connectivity index (χ1n) is 39.1. The van der Waals surface area contributed by atoms with Crippen LogP contribution in [-0.4, -0.2) is 338 Å². The van der Waals surface area contributed by atoms with Gasteiger partial charge in [0.05, 0.1) is 124 Å². The molecule has 0 spiro atoms. The molecule has 0 bridgehead atoms. The number of aliphatic hydroxyl groups excluding tert-OH is 7. The summed E-state index contributed by atoms with van der Waals surface area (Å²) in [5.74, 6) is -3.67. The van der Waals surface area contributed by atoms with Crippen LogP contribution in [0.5, 0.6) is 0 Å². The number of aliphatic hydroxyl groups is 11. The van der Waals surface area contributed by atoms with E-state index >= 15 is 0 Å². The summed E-state index contributed by atoms with van der Waals surface area (Å²) in [6.45, 7) is 33.5. The Bertz CT molecular complexity index is 2000. The Morgan fingerprint density at radius 2 is 0.766 bits per heavy atom. The molecule has 638 valence electrons. The Morgan fingerprint density at radius 1 is 0.290 bits per heavy atom. The summed E-state index contributed by atoms with van der Waals surface area (Å²) >= 11 is 0. The van der Waals surface area contributed by atoms with Gasteiger partial charge in [0.2, 0.25) is 0 Å². The maximum atomic E-state index is 10.0. The van der Waals surface area contributed by atoms with E-state index in [4.69, 9.17) is 140 Å². The molecule has 2 saturated carbocycles. The van der Waals surface area contributed by atoms with E-state index in [9.17, 15) is 20.4 Å². The molecule has 11 aliphatic heterocycles. The summed E-state index contributed by atoms with van der Waals surface area (Å²) < 4.78 is 113. The normalized spacial score (nSPS) is 38.6. The van der Waals surface area contributed by atoms with Crippen molar-refractivity contribution in [2.75, 3.05) is 172 Å². The van der Waals surface area contributed by atoms with Gasteiger partial charge in [0.1, 0.15) is 31.0 Å². The van der Waals surface area contributed by atoms with Crippen molar-refractivity contribution in [2.24, 2.45) is 11.3 Å². The molecule has 11 N–H and O–H groups in total. The Morgan fingerprint density at radius 3 is 1.46 bits per heavy atom. The average molecular weight is 1560 g/mol. The molecule has 0 radical (unpaired) electrons. The minimum absolute atomic E-state index is 0.0392. The summed E-state index contributed by atoms with van der Waals surface area (Å²) in [5.41, 5.74) is 0.0392. The topological polar surface area (TPSA) is 426 Å². The lowest BCUT2D eigenvalue weighted by molar-refractivity contribution is -0.264. The zero-order valence-corrected chi connectivity index (χ0v) is 66.2. The van der Waals surface area contributed by atoms with Crippen LogP contribution in [0.15, 0.2) is 0 Å². The minimum Gasteiger partial charge on any atom is -0.376 e. The lowest BCUT2D eigenvalue weighted by Gasteiger charge is -2.37. The highest BCUT2D eigenvalue weighted by molar-refractivity contribution is 4.87. The fourth-order valence-electron chi connectivity index (χ4n) is 11.2. The van der Waals surface area contributed by atoms with Crippen molar-refractivity contribution >= 4 is 0 Å². The van der Waals surface area contributed by atoms with Crippen molar-refractivity contribution in [1.29, 1.82) is 0 Å². The molecule has 33 heteroatoms. The first kappa shape index (κ1) is 99.9. The zero-order chi connectivity index (χ0) is 78.8. The van der Waals surface area contributed by atoms with Crippen molar-refractivity contribution < 1.29 is 160 Å². The highest BCUT2D eigenvalue weighted by Crippen LogP contribution is 2.36. The summed E-state index contributed by atoms with van der Waals surface area (Å²) in [6.07, 6.45) is 11.7. The van der Waals surface area contributed by atoms with Gasteiger partial charge in [0.25, 0.3) is 0 Å². The maximum Gasteiger partial charge on any atom is 0.192 e. The summed E-state index contributed by atoms with van der Waals surface area (Å²) in [7, 11) is 0. The molecule has 33 nitrogen and oxygen atoms in total. The van der Waals surface area contributed by atoms with Crippen LogP contribution >= 0.6 is 0 Å². The van der Waals surface area contributed by atoms with Gasteiger partial charge in [-0.3, -0.25) is 0 Å². The van der Waals surface area contributed by atoms with Crippen molar-refractivity contribution in [3.05, 3.63) is 0 Å². The number of ether oxygens (including phenoxy) is 22. The van der Waals surface area contributed by atoms with Crippen LogP contribution in [0.1, 0.15) is 185 Å². The Balaban J connectivity index is 0.000000306. The standard InChI is InChI=1S/C9H16O3.C8H14O3.3C7H14O3.6C6H12O3/c10-9-5-2-1-4-8(9)11-6-3-7-12-9;9-8-4-1-3-7(8)10-5-2-6-11-8;1-7(2)4-9-3-6(8)10-5-7;1-6-7(2,8)10-5-3-4-9-6;1-6-3-2-4-9-5-7(8)10-6;1-5-2-8-4-6(7)9-3-5;1-5-2-3-8-6(7)4-9-5;1-5-2-3-8-4-6(7)9-5;1-6(7)5-8-3-2-4-9-6;1-5-6(7)9-4-2-3-8-5;7-6-5-8-3-1-2-4-9-6/h8,10H,1-7H2;7,9H,1-6H2;2*6,8H,3-5H2,1-2H3;6-8H,2-5H2,1H3;3*5-7H,2-4H2,1H3;7H,2-5H2,1H3;5-7H,2-4H2,1H3;6-7H,1-5H2. The lowest BCUT2D eigenvalue weighted by Crippen LogP contribution is -2.47. The SMILES string of the molecule is CC1(C)COCC(O)OC1.CC1(O)COCCCO1.CC1CCCOCC(O)O1.CC1CCOC(O)CO1.CC1CCOCC(O)O1.CC1COCC(O)OC1.CC1OCCCOC1(C)O.CC1OCCCOC1O.OC12CCCC1OCCCO2.OC12CCCCC1OCCCO2.OC1COCCCCO1. The van der Waals surface area contributed by atoms with E-state index in [2.05, 4.69) is 0 Å². The molecule has 0 aromatic rings. The van der Waals surface area contributed by atoms with Crippen LogP contribution in [-0.2, 0) is 104 Å². The number of rotatable bonds is 0. The lowest BCUT2D eigenvalue weighted by atomic mass is 9.91. The van der Waals surface area contributed by atoms with E-state index in [0.717, 1.165) is 142 Å². The quantitative estimate of drug-likeness (QED) is 0.164. The third-order valence-electron chi connectivity index (χ3n) is 17.7. The predicted octanol–water partition coefficient (Wildman–Crippen LogP) is 3.78. The van der Waals surface area contributed by atoms with Gasteiger partial charge in [-0.2, -0.15) is 0 Å². The predicted molar refractivity (Wildman–Crippen MR) is 385 cm³/mol. The van der Waals surface area contributed by atoms with E-state index in [0.29, 0.717) is 145 Å². The van der Waals surface area contributed by atoms with Crippen LogP contribution in [0.3, 0.4) is 0 Å². The highest BCUT2D eigenvalue weighted by Gasteiger charge is 2.45. The molecule has 13 rings (SSSR count). The molecule has 2 aliphatic carbocycles. The Kier molecular flexibility index (Phi) is 53.8. The monoisotopic (exact) mass is 1560 g/mol. The summed E-state index contributed by atoms with van der Waals surface area (Å²) in [6, 6.07) is 0. The van der Waals surface area contributed by atoms with Gasteiger partial charge >= 0.3 is 0 Å². The van der Waals surface area contributed by atoms with E-state index in [1.54, 1.807) is 20.8 Å². The molecule has 0 aromatic carbocycles. The van der Waals surface area contributed by atoms with E-state index < -0.39 is 67.2 Å². The Hall–Kier alpha value is -1.32. The van der Waals surface area contributed by atoms with Gasteiger partial charge < -0.3 is 160 Å². The molecule has 13 aliphatic rings. The van der Waals surface area contributed by atoms with E-state index in [1.165, 1.54) is 0 Å².